The molecule has 0 aromatic rings. The Labute approximate surface area is 83.9 Å². The molecule has 1 amide bonds. The Bertz CT molecular complexity index is 236. The second-order valence-corrected chi connectivity index (χ2v) is 4.64. The Hall–Kier alpha value is -0.610. The van der Waals surface area contributed by atoms with Crippen molar-refractivity contribution >= 4 is 5.91 Å². The molecule has 2 unspecified atom stereocenters. The second-order valence-electron chi connectivity index (χ2n) is 4.64. The van der Waals surface area contributed by atoms with E-state index in [4.69, 9.17) is 5.73 Å². The van der Waals surface area contributed by atoms with Crippen LogP contribution in [0.2, 0.25) is 0 Å². The molecule has 0 saturated heterocycles. The molecule has 4 N–H and O–H groups in total. The zero-order valence-corrected chi connectivity index (χ0v) is 8.33. The lowest BCUT2D eigenvalue weighted by Gasteiger charge is -2.28. The minimum absolute atomic E-state index is 0.000903. The molecule has 0 spiro atoms. The van der Waals surface area contributed by atoms with Crippen molar-refractivity contribution < 1.29 is 9.90 Å². The van der Waals surface area contributed by atoms with Crippen LogP contribution >= 0.6 is 0 Å². The van der Waals surface area contributed by atoms with Crippen molar-refractivity contribution in [2.24, 2.45) is 11.7 Å². The van der Waals surface area contributed by atoms with Gasteiger partial charge in [0.2, 0.25) is 5.91 Å². The molecule has 2 atom stereocenters. The van der Waals surface area contributed by atoms with E-state index in [1.54, 1.807) is 0 Å². The Balaban J connectivity index is 1.91. The first kappa shape index (κ1) is 9.93. The molecule has 0 aromatic heterocycles. The summed E-state index contributed by atoms with van der Waals surface area (Å²) < 4.78 is 0. The second kappa shape index (κ2) is 3.51. The van der Waals surface area contributed by atoms with Crippen molar-refractivity contribution in [2.75, 3.05) is 6.61 Å². The monoisotopic (exact) mass is 198 g/mol. The fourth-order valence-corrected chi connectivity index (χ4v) is 2.24. The molecule has 14 heavy (non-hydrogen) atoms. The molecule has 4 nitrogen and oxygen atoms in total. The van der Waals surface area contributed by atoms with E-state index in [-0.39, 0.29) is 30.0 Å². The third-order valence-corrected chi connectivity index (χ3v) is 3.43. The minimum Gasteiger partial charge on any atom is -0.394 e. The number of hydrogen-bond acceptors (Lipinski definition) is 3. The highest BCUT2D eigenvalue weighted by Crippen LogP contribution is 2.33. The van der Waals surface area contributed by atoms with Gasteiger partial charge in [-0.05, 0) is 19.3 Å². The topological polar surface area (TPSA) is 75.4 Å². The lowest BCUT2D eigenvalue weighted by atomic mass is 9.98. The molecule has 0 radical (unpaired) electrons. The normalized spacial score (nSPS) is 34.1. The number of nitrogens with one attached hydrogen (secondary N) is 1. The van der Waals surface area contributed by atoms with Crippen molar-refractivity contribution in [3.63, 3.8) is 0 Å². The number of nitrogens with two attached hydrogens (primary N) is 1. The third-order valence-electron chi connectivity index (χ3n) is 3.43. The van der Waals surface area contributed by atoms with E-state index in [0.717, 1.165) is 32.1 Å². The fraction of sp³-hybridized carbons (Fsp3) is 0.900. The average Bonchev–Trinajstić information content (AvgIpc) is 2.74. The largest absolute Gasteiger partial charge is 0.394 e. The molecule has 4 heteroatoms. The van der Waals surface area contributed by atoms with E-state index >= 15 is 0 Å². The van der Waals surface area contributed by atoms with E-state index in [1.165, 1.54) is 0 Å². The summed E-state index contributed by atoms with van der Waals surface area (Å²) in [5, 5.41) is 12.3. The maximum Gasteiger partial charge on any atom is 0.225 e. The number of rotatable bonds is 3. The predicted octanol–water partition coefficient (Wildman–Crippen LogP) is -0.245. The molecule has 0 heterocycles. The van der Waals surface area contributed by atoms with E-state index in [9.17, 15) is 9.90 Å². The van der Waals surface area contributed by atoms with Crippen molar-refractivity contribution in [1.29, 1.82) is 0 Å². The summed E-state index contributed by atoms with van der Waals surface area (Å²) in [6, 6.07) is 0.0483. The highest BCUT2D eigenvalue weighted by Gasteiger charge is 2.44. The molecule has 2 rings (SSSR count). The maximum atomic E-state index is 11.6. The van der Waals surface area contributed by atoms with Crippen LogP contribution in [-0.4, -0.2) is 29.2 Å². The summed E-state index contributed by atoms with van der Waals surface area (Å²) in [6.07, 6.45) is 4.79. The lowest BCUT2D eigenvalue weighted by molar-refractivity contribution is -0.124. The van der Waals surface area contributed by atoms with Crippen molar-refractivity contribution in [2.45, 2.75) is 43.7 Å². The Morgan fingerprint density at radius 3 is 2.50 bits per heavy atom. The van der Waals surface area contributed by atoms with Crippen LogP contribution in [0.5, 0.6) is 0 Å². The summed E-state index contributed by atoms with van der Waals surface area (Å²) in [5.41, 5.74) is 5.27. The van der Waals surface area contributed by atoms with Crippen molar-refractivity contribution in [3.05, 3.63) is 0 Å². The summed E-state index contributed by atoms with van der Waals surface area (Å²) in [5.74, 6) is 0.0347. The SMILES string of the molecule is NC1CC1C(=O)NC1(CO)CCCC1. The van der Waals surface area contributed by atoms with Gasteiger partial charge in [-0.3, -0.25) is 4.79 Å². The van der Waals surface area contributed by atoms with E-state index in [2.05, 4.69) is 5.32 Å². The van der Waals surface area contributed by atoms with E-state index in [0.29, 0.717) is 0 Å². The van der Waals surface area contributed by atoms with E-state index < -0.39 is 0 Å². The van der Waals surface area contributed by atoms with Gasteiger partial charge in [-0.15, -0.1) is 0 Å². The van der Waals surface area contributed by atoms with Gasteiger partial charge in [-0.2, -0.15) is 0 Å². The van der Waals surface area contributed by atoms with Crippen LogP contribution in [0.3, 0.4) is 0 Å². The van der Waals surface area contributed by atoms with Gasteiger partial charge in [0.1, 0.15) is 0 Å². The van der Waals surface area contributed by atoms with Crippen LogP contribution in [0.15, 0.2) is 0 Å². The van der Waals surface area contributed by atoms with Gasteiger partial charge in [0.15, 0.2) is 0 Å². The van der Waals surface area contributed by atoms with Gasteiger partial charge in [0, 0.05) is 6.04 Å². The average molecular weight is 198 g/mol. The summed E-state index contributed by atoms with van der Waals surface area (Å²) in [4.78, 5) is 11.6. The zero-order valence-electron chi connectivity index (χ0n) is 8.33. The third kappa shape index (κ3) is 1.77. The molecule has 2 saturated carbocycles. The number of hydrogen-bond donors (Lipinski definition) is 3. The number of carbonyl (C=O) groups excluding carboxylic acids is 1. The van der Waals surface area contributed by atoms with Crippen LogP contribution in [0.1, 0.15) is 32.1 Å². The molecule has 2 aliphatic rings. The number of carbonyl (C=O) groups is 1. The predicted molar refractivity (Wildman–Crippen MR) is 52.5 cm³/mol. The first-order valence-corrected chi connectivity index (χ1v) is 5.35. The molecular formula is C10H18N2O2. The Morgan fingerprint density at radius 1 is 1.50 bits per heavy atom. The lowest BCUT2D eigenvalue weighted by Crippen LogP contribution is -2.50. The summed E-state index contributed by atoms with van der Waals surface area (Å²) in [6.45, 7) is 0.0562. The van der Waals surface area contributed by atoms with Crippen LogP contribution < -0.4 is 11.1 Å². The van der Waals surface area contributed by atoms with Crippen LogP contribution in [0.4, 0.5) is 0 Å². The van der Waals surface area contributed by atoms with Crippen LogP contribution in [-0.2, 0) is 4.79 Å². The molecule has 2 fully saturated rings. The first-order chi connectivity index (χ1) is 6.67. The summed E-state index contributed by atoms with van der Waals surface area (Å²) >= 11 is 0. The Kier molecular flexibility index (Phi) is 2.49. The highest BCUT2D eigenvalue weighted by molar-refractivity contribution is 5.83. The maximum absolute atomic E-state index is 11.6. The van der Waals surface area contributed by atoms with E-state index in [1.807, 2.05) is 0 Å². The molecular weight excluding hydrogens is 180 g/mol. The molecule has 0 aliphatic heterocycles. The fourth-order valence-electron chi connectivity index (χ4n) is 2.24. The van der Waals surface area contributed by atoms with Gasteiger partial charge in [-0.25, -0.2) is 0 Å². The highest BCUT2D eigenvalue weighted by atomic mass is 16.3. The van der Waals surface area contributed by atoms with Crippen molar-refractivity contribution in [1.82, 2.24) is 5.32 Å². The molecule has 0 aromatic carbocycles. The number of aliphatic hydroxyl groups is 1. The van der Waals surface area contributed by atoms with Gasteiger partial charge >= 0.3 is 0 Å². The quantitative estimate of drug-likeness (QED) is 0.585. The van der Waals surface area contributed by atoms with Gasteiger partial charge in [-0.1, -0.05) is 12.8 Å². The molecule has 80 valence electrons. The minimum atomic E-state index is -0.334. The standard InChI is InChI=1S/C10H18N2O2/c11-8-5-7(8)9(14)12-10(6-13)3-1-2-4-10/h7-8,13H,1-6,11H2,(H,12,14). The van der Waals surface area contributed by atoms with Crippen LogP contribution in [0, 0.1) is 5.92 Å². The zero-order chi connectivity index (χ0) is 10.2. The van der Waals surface area contributed by atoms with Crippen LogP contribution in [0.25, 0.3) is 0 Å². The first-order valence-electron chi connectivity index (χ1n) is 5.35. The van der Waals surface area contributed by atoms with Gasteiger partial charge in [0.25, 0.3) is 0 Å². The number of aliphatic hydroxyl groups excluding tert-OH is 1. The summed E-state index contributed by atoms with van der Waals surface area (Å²) in [7, 11) is 0. The Morgan fingerprint density at radius 2 is 2.07 bits per heavy atom. The smallest absolute Gasteiger partial charge is 0.225 e. The van der Waals surface area contributed by atoms with Gasteiger partial charge < -0.3 is 16.2 Å². The molecule has 0 bridgehead atoms. The van der Waals surface area contributed by atoms with Crippen molar-refractivity contribution in [3.8, 4) is 0 Å². The number of amides is 1. The van der Waals surface area contributed by atoms with Gasteiger partial charge in [0.05, 0.1) is 18.1 Å². The molecule has 2 aliphatic carbocycles.